The molecule has 0 amide bonds. The third-order valence-corrected chi connectivity index (χ3v) is 2.77. The van der Waals surface area contributed by atoms with Gasteiger partial charge in [0.2, 0.25) is 0 Å². The van der Waals surface area contributed by atoms with E-state index in [1.165, 1.54) is 0 Å². The molecule has 0 aliphatic heterocycles. The maximum absolute atomic E-state index is 5.11. The molecule has 0 fully saturated rings. The predicted octanol–water partition coefficient (Wildman–Crippen LogP) is 0.966. The minimum Gasteiger partial charge on any atom is -0.385 e. The van der Waals surface area contributed by atoms with E-state index in [4.69, 9.17) is 4.74 Å². The third kappa shape index (κ3) is 3.90. The van der Waals surface area contributed by atoms with E-state index in [9.17, 15) is 0 Å². The lowest BCUT2D eigenvalue weighted by atomic mass is 10.0. The molecule has 0 aliphatic carbocycles. The van der Waals surface area contributed by atoms with Gasteiger partial charge in [-0.05, 0) is 12.3 Å². The summed E-state index contributed by atoms with van der Waals surface area (Å²) >= 11 is 0. The van der Waals surface area contributed by atoms with Gasteiger partial charge in [0, 0.05) is 26.8 Å². The minimum absolute atomic E-state index is 0.455. The molecule has 1 unspecified atom stereocenters. The molecule has 1 atom stereocenters. The summed E-state index contributed by atoms with van der Waals surface area (Å²) in [6.07, 6.45) is 2.74. The smallest absolute Gasteiger partial charge is 0.146 e. The Kier molecular flexibility index (Phi) is 5.42. The average Bonchev–Trinajstić information content (AvgIpc) is 2.64. The van der Waals surface area contributed by atoms with E-state index in [0.717, 1.165) is 25.4 Å². The number of nitrogens with zero attached hydrogens (tertiary/aromatic N) is 3. The molecule has 0 saturated carbocycles. The Morgan fingerprint density at radius 1 is 1.50 bits per heavy atom. The van der Waals surface area contributed by atoms with Crippen molar-refractivity contribution in [3.8, 4) is 0 Å². The van der Waals surface area contributed by atoms with Crippen LogP contribution in [0.5, 0.6) is 0 Å². The first-order valence-corrected chi connectivity index (χ1v) is 5.70. The van der Waals surface area contributed by atoms with Crippen molar-refractivity contribution in [2.45, 2.75) is 32.9 Å². The molecular formula is C11H22N4O. The van der Waals surface area contributed by atoms with Crippen molar-refractivity contribution in [2.75, 3.05) is 13.7 Å². The van der Waals surface area contributed by atoms with Gasteiger partial charge in [-0.1, -0.05) is 13.8 Å². The van der Waals surface area contributed by atoms with Gasteiger partial charge in [-0.2, -0.15) is 0 Å². The molecule has 5 heteroatoms. The molecule has 1 aromatic rings. The second-order valence-corrected chi connectivity index (χ2v) is 4.37. The molecule has 0 spiro atoms. The Morgan fingerprint density at radius 3 is 2.75 bits per heavy atom. The monoisotopic (exact) mass is 226 g/mol. The highest BCUT2D eigenvalue weighted by atomic mass is 16.5. The highest BCUT2D eigenvalue weighted by molar-refractivity contribution is 4.85. The highest BCUT2D eigenvalue weighted by Crippen LogP contribution is 2.07. The van der Waals surface area contributed by atoms with Crippen LogP contribution in [-0.2, 0) is 18.3 Å². The Morgan fingerprint density at radius 2 is 2.25 bits per heavy atom. The first-order chi connectivity index (χ1) is 7.65. The number of ether oxygens (including phenoxy) is 1. The Hall–Kier alpha value is -0.940. The summed E-state index contributed by atoms with van der Waals surface area (Å²) in [5.74, 6) is 1.55. The molecular weight excluding hydrogens is 204 g/mol. The molecule has 0 radical (unpaired) electrons. The van der Waals surface area contributed by atoms with Crippen molar-refractivity contribution >= 4 is 0 Å². The zero-order valence-electron chi connectivity index (χ0n) is 10.6. The van der Waals surface area contributed by atoms with Crippen molar-refractivity contribution in [3.63, 3.8) is 0 Å². The highest BCUT2D eigenvalue weighted by Gasteiger charge is 2.13. The van der Waals surface area contributed by atoms with Crippen LogP contribution in [0.25, 0.3) is 0 Å². The van der Waals surface area contributed by atoms with Gasteiger partial charge in [-0.25, -0.2) is 0 Å². The van der Waals surface area contributed by atoms with Gasteiger partial charge in [0.1, 0.15) is 12.2 Å². The maximum Gasteiger partial charge on any atom is 0.146 e. The van der Waals surface area contributed by atoms with Crippen molar-refractivity contribution in [1.29, 1.82) is 0 Å². The molecule has 0 bridgehead atoms. The first kappa shape index (κ1) is 13.1. The van der Waals surface area contributed by atoms with Crippen LogP contribution < -0.4 is 5.32 Å². The summed E-state index contributed by atoms with van der Waals surface area (Å²) in [4.78, 5) is 0. The normalized spacial score (nSPS) is 13.3. The molecule has 1 rings (SSSR count). The van der Waals surface area contributed by atoms with Gasteiger partial charge < -0.3 is 14.6 Å². The van der Waals surface area contributed by atoms with Crippen LogP contribution in [0.15, 0.2) is 6.33 Å². The van der Waals surface area contributed by atoms with Gasteiger partial charge in [-0.3, -0.25) is 0 Å². The van der Waals surface area contributed by atoms with Gasteiger partial charge in [0.05, 0.1) is 6.54 Å². The second-order valence-electron chi connectivity index (χ2n) is 4.37. The molecule has 1 heterocycles. The molecule has 0 aliphatic rings. The quantitative estimate of drug-likeness (QED) is 0.752. The fourth-order valence-electron chi connectivity index (χ4n) is 1.61. The predicted molar refractivity (Wildman–Crippen MR) is 63.0 cm³/mol. The summed E-state index contributed by atoms with van der Waals surface area (Å²) in [7, 11) is 3.69. The minimum atomic E-state index is 0.455. The summed E-state index contributed by atoms with van der Waals surface area (Å²) in [6.45, 7) is 5.96. The summed E-state index contributed by atoms with van der Waals surface area (Å²) in [5.41, 5.74) is 0. The molecule has 1 N–H and O–H groups in total. The zero-order valence-corrected chi connectivity index (χ0v) is 10.6. The van der Waals surface area contributed by atoms with Gasteiger partial charge >= 0.3 is 0 Å². The Labute approximate surface area is 97.2 Å². The number of aromatic nitrogens is 3. The molecule has 16 heavy (non-hydrogen) atoms. The summed E-state index contributed by atoms with van der Waals surface area (Å²) < 4.78 is 7.04. The molecule has 0 saturated heterocycles. The third-order valence-electron chi connectivity index (χ3n) is 2.77. The first-order valence-electron chi connectivity index (χ1n) is 5.70. The summed E-state index contributed by atoms with van der Waals surface area (Å²) in [6, 6.07) is 0.455. The van der Waals surface area contributed by atoms with Crippen molar-refractivity contribution in [3.05, 3.63) is 12.2 Å². The van der Waals surface area contributed by atoms with Crippen molar-refractivity contribution < 1.29 is 4.74 Å². The number of nitrogens with one attached hydrogen (secondary N) is 1. The molecule has 1 aromatic heterocycles. The van der Waals surface area contributed by atoms with Crippen molar-refractivity contribution in [2.24, 2.45) is 13.0 Å². The van der Waals surface area contributed by atoms with E-state index < -0.39 is 0 Å². The van der Waals surface area contributed by atoms with E-state index in [1.54, 1.807) is 13.4 Å². The lowest BCUT2D eigenvalue weighted by molar-refractivity contribution is 0.173. The number of aryl methyl sites for hydroxylation is 1. The largest absolute Gasteiger partial charge is 0.385 e. The van der Waals surface area contributed by atoms with Crippen LogP contribution in [-0.4, -0.2) is 34.5 Å². The van der Waals surface area contributed by atoms with Crippen LogP contribution in [0, 0.1) is 5.92 Å². The molecule has 92 valence electrons. The number of rotatable bonds is 7. The topological polar surface area (TPSA) is 52.0 Å². The lowest BCUT2D eigenvalue weighted by Gasteiger charge is -2.21. The second kappa shape index (κ2) is 6.60. The standard InChI is InChI=1S/C11H22N4O/c1-9(2)10(5-6-16-4)12-7-11-14-13-8-15(11)3/h8-10,12H,5-7H2,1-4H3. The molecule has 0 aromatic carbocycles. The molecule has 5 nitrogen and oxygen atoms in total. The SMILES string of the molecule is COCCC(NCc1nncn1C)C(C)C. The number of hydrogen-bond donors (Lipinski definition) is 1. The van der Waals surface area contributed by atoms with Crippen LogP contribution >= 0.6 is 0 Å². The van der Waals surface area contributed by atoms with E-state index in [-0.39, 0.29) is 0 Å². The van der Waals surface area contributed by atoms with Crippen molar-refractivity contribution in [1.82, 2.24) is 20.1 Å². The Bertz CT molecular complexity index is 298. The lowest BCUT2D eigenvalue weighted by Crippen LogP contribution is -2.35. The summed E-state index contributed by atoms with van der Waals surface area (Å²) in [5, 5.41) is 11.4. The van der Waals surface area contributed by atoms with Crippen LogP contribution in [0.4, 0.5) is 0 Å². The van der Waals surface area contributed by atoms with Gasteiger partial charge in [-0.15, -0.1) is 10.2 Å². The number of hydrogen-bond acceptors (Lipinski definition) is 4. The average molecular weight is 226 g/mol. The Balaban J connectivity index is 2.40. The van der Waals surface area contributed by atoms with E-state index in [0.29, 0.717) is 12.0 Å². The fourth-order valence-corrected chi connectivity index (χ4v) is 1.61. The van der Waals surface area contributed by atoms with E-state index >= 15 is 0 Å². The van der Waals surface area contributed by atoms with Crippen LogP contribution in [0.2, 0.25) is 0 Å². The zero-order chi connectivity index (χ0) is 12.0. The van der Waals surface area contributed by atoms with Gasteiger partial charge in [0.25, 0.3) is 0 Å². The maximum atomic E-state index is 5.11. The van der Waals surface area contributed by atoms with Gasteiger partial charge in [0.15, 0.2) is 0 Å². The van der Waals surface area contributed by atoms with E-state index in [1.807, 2.05) is 11.6 Å². The van der Waals surface area contributed by atoms with Crippen LogP contribution in [0.3, 0.4) is 0 Å². The van der Waals surface area contributed by atoms with E-state index in [2.05, 4.69) is 29.4 Å². The fraction of sp³-hybridized carbons (Fsp3) is 0.818. The van der Waals surface area contributed by atoms with Crippen LogP contribution in [0.1, 0.15) is 26.1 Å². The number of methoxy groups -OCH3 is 1.